The lowest BCUT2D eigenvalue weighted by Crippen LogP contribution is -2.65. The molecule has 1 radical (unpaired) electrons. The summed E-state index contributed by atoms with van der Waals surface area (Å²) >= 11 is 0. The van der Waals surface area contributed by atoms with Crippen LogP contribution in [0.4, 0.5) is 4.79 Å². The smallest absolute Gasteiger partial charge is 0.418 e. The zero-order valence-electron chi connectivity index (χ0n) is 26.4. The molecule has 4 rings (SSSR count). The highest BCUT2D eigenvalue weighted by Crippen LogP contribution is 2.34. The molecule has 2 aliphatic rings. The number of nitrogens with two attached hydrogens (primary N) is 1. The Balaban J connectivity index is 1.63. The number of nitrogens with zero attached hydrogens (tertiary/aromatic N) is 1. The van der Waals surface area contributed by atoms with Crippen LogP contribution < -0.4 is 21.7 Å². The second-order valence-corrected chi connectivity index (χ2v) is 11.8. The summed E-state index contributed by atoms with van der Waals surface area (Å²) in [7, 11) is 0. The molecule has 2 aliphatic heterocycles. The maximum Gasteiger partial charge on any atom is 0.418 e. The Morgan fingerprint density at radius 1 is 1.06 bits per heavy atom. The molecule has 47 heavy (non-hydrogen) atoms. The number of ketones is 2. The summed E-state index contributed by atoms with van der Waals surface area (Å²) in [4.78, 5) is 68.8. The Kier molecular flexibility index (Phi) is 12.9. The molecule has 2 heterocycles. The first-order chi connectivity index (χ1) is 22.8. The lowest BCUT2D eigenvalue weighted by molar-refractivity contribution is -0.145. The number of likely N-dealkylation sites (tertiary alicyclic amines) is 1. The molecule has 13 nitrogen and oxygen atoms in total. The number of Topliss-reactive ketones (excluding diaryl/α,β-unsaturated/α-hetero) is 2. The van der Waals surface area contributed by atoms with Gasteiger partial charge in [-0.25, -0.2) is 9.59 Å². The highest BCUT2D eigenvalue weighted by atomic mass is 16.6. The molecule has 0 bridgehead atoms. The van der Waals surface area contributed by atoms with Crippen LogP contribution in [0.5, 0.6) is 0 Å². The van der Waals surface area contributed by atoms with Crippen molar-refractivity contribution in [1.82, 2.24) is 20.9 Å². The molecule has 2 aromatic rings. The Morgan fingerprint density at radius 3 is 2.45 bits per heavy atom. The van der Waals surface area contributed by atoms with Crippen molar-refractivity contribution in [3.63, 3.8) is 0 Å². The molecule has 2 amide bonds. The van der Waals surface area contributed by atoms with Gasteiger partial charge in [0.25, 0.3) is 5.91 Å². The topological polar surface area (TPSA) is 193 Å². The third-order valence-corrected chi connectivity index (χ3v) is 8.65. The molecule has 2 aromatic carbocycles. The highest BCUT2D eigenvalue weighted by molar-refractivity contribution is 6.14. The van der Waals surface area contributed by atoms with E-state index in [9.17, 15) is 24.0 Å². The zero-order valence-corrected chi connectivity index (χ0v) is 26.4. The summed E-state index contributed by atoms with van der Waals surface area (Å²) in [6.07, 6.45) is 1.28. The normalized spacial score (nSPS) is 20.3. The molecule has 0 aliphatic carbocycles. The number of hydrogen-bond acceptors (Lipinski definition) is 9. The summed E-state index contributed by atoms with van der Waals surface area (Å²) < 4.78 is 10.7. The molecule has 2 unspecified atom stereocenters. The van der Waals surface area contributed by atoms with E-state index in [1.54, 1.807) is 42.5 Å². The van der Waals surface area contributed by atoms with Crippen molar-refractivity contribution in [3.05, 3.63) is 71.8 Å². The van der Waals surface area contributed by atoms with E-state index in [2.05, 4.69) is 16.0 Å². The van der Waals surface area contributed by atoms with Gasteiger partial charge in [0.1, 0.15) is 6.61 Å². The Bertz CT molecular complexity index is 1390. The average molecular weight is 648 g/mol. The predicted molar refractivity (Wildman–Crippen MR) is 173 cm³/mol. The standard InChI is InChI=1S/C34H43N6O7/c35-32(36)38-19-9-16-27(29(43)30(47-23-41)25-13-5-2-6-14-25)39-31(44)34(28(42)21-26-15-7-8-18-37-26)17-10-20-40(34)33(45)46-22-24-11-3-1-4-12-24/h1-6,11-14,26-27,30,37H,7-10,15-22H2,(H,39,44)(H4,35,36,38)/t26?,27-,30?,34+/m0/s1. The van der Waals surface area contributed by atoms with E-state index in [1.807, 2.05) is 18.2 Å². The van der Waals surface area contributed by atoms with Gasteiger partial charge in [-0.1, -0.05) is 67.1 Å². The SMILES string of the molecule is N=C(N)NCCC[C@H](NC(=O)[C@]1(C(=O)CC2CCCCN2)CCCN1C(=O)OCc1ccccc1)C(=O)C(O[C]=O)c1ccccc1. The number of hydrogen-bond donors (Lipinski definition) is 5. The van der Waals surface area contributed by atoms with Gasteiger partial charge in [-0.05, 0) is 50.6 Å². The quantitative estimate of drug-likeness (QED) is 0.0782. The molecular weight excluding hydrogens is 604 g/mol. The molecule has 2 saturated heterocycles. The third-order valence-electron chi connectivity index (χ3n) is 8.65. The third kappa shape index (κ3) is 9.16. The minimum Gasteiger partial charge on any atom is -0.445 e. The fraction of sp³-hybridized carbons (Fsp3) is 0.471. The van der Waals surface area contributed by atoms with Crippen LogP contribution in [-0.4, -0.2) is 78.2 Å². The van der Waals surface area contributed by atoms with E-state index in [4.69, 9.17) is 20.6 Å². The summed E-state index contributed by atoms with van der Waals surface area (Å²) in [5, 5.41) is 16.2. The van der Waals surface area contributed by atoms with Crippen LogP contribution in [0.3, 0.4) is 0 Å². The van der Waals surface area contributed by atoms with E-state index >= 15 is 0 Å². The fourth-order valence-electron chi connectivity index (χ4n) is 6.25. The van der Waals surface area contributed by atoms with Crippen molar-refractivity contribution in [2.75, 3.05) is 19.6 Å². The summed E-state index contributed by atoms with van der Waals surface area (Å²) in [5.41, 5.74) is 4.62. The van der Waals surface area contributed by atoms with Crippen molar-refractivity contribution in [3.8, 4) is 0 Å². The number of ether oxygens (including phenoxy) is 2. The monoisotopic (exact) mass is 647 g/mol. The largest absolute Gasteiger partial charge is 0.445 e. The first-order valence-corrected chi connectivity index (χ1v) is 16.0. The molecule has 0 aromatic heterocycles. The molecule has 4 atom stereocenters. The van der Waals surface area contributed by atoms with Crippen LogP contribution >= 0.6 is 0 Å². The summed E-state index contributed by atoms with van der Waals surface area (Å²) in [6, 6.07) is 16.0. The minimum atomic E-state index is -1.91. The number of amides is 2. The van der Waals surface area contributed by atoms with Crippen LogP contribution in [0.15, 0.2) is 60.7 Å². The van der Waals surface area contributed by atoms with Crippen LogP contribution in [0, 0.1) is 5.41 Å². The molecule has 2 fully saturated rings. The molecule has 251 valence electrons. The molecular formula is C34H43N6O7. The van der Waals surface area contributed by atoms with Gasteiger partial charge >= 0.3 is 12.6 Å². The van der Waals surface area contributed by atoms with Crippen molar-refractivity contribution in [1.29, 1.82) is 5.41 Å². The van der Waals surface area contributed by atoms with Gasteiger partial charge in [-0.3, -0.25) is 24.7 Å². The van der Waals surface area contributed by atoms with E-state index in [0.29, 0.717) is 18.4 Å². The second kappa shape index (κ2) is 17.2. The first-order valence-electron chi connectivity index (χ1n) is 16.0. The van der Waals surface area contributed by atoms with Gasteiger partial charge in [0.2, 0.25) is 0 Å². The van der Waals surface area contributed by atoms with Gasteiger partial charge in [-0.2, -0.15) is 0 Å². The fourth-order valence-corrected chi connectivity index (χ4v) is 6.25. The van der Waals surface area contributed by atoms with Crippen molar-refractivity contribution in [2.45, 2.75) is 81.7 Å². The summed E-state index contributed by atoms with van der Waals surface area (Å²) in [5.74, 6) is -2.13. The molecule has 0 spiro atoms. The van der Waals surface area contributed by atoms with Gasteiger partial charge in [0.05, 0.1) is 6.04 Å². The van der Waals surface area contributed by atoms with Gasteiger partial charge in [-0.15, -0.1) is 0 Å². The number of carbonyl (C=O) groups excluding carboxylic acids is 5. The van der Waals surface area contributed by atoms with Crippen LogP contribution in [0.25, 0.3) is 0 Å². The van der Waals surface area contributed by atoms with E-state index < -0.39 is 41.3 Å². The predicted octanol–water partition coefficient (Wildman–Crippen LogP) is 2.40. The van der Waals surface area contributed by atoms with Crippen LogP contribution in [0.2, 0.25) is 0 Å². The Morgan fingerprint density at radius 2 is 1.79 bits per heavy atom. The van der Waals surface area contributed by atoms with Gasteiger partial charge < -0.3 is 31.2 Å². The van der Waals surface area contributed by atoms with Crippen molar-refractivity contribution >= 4 is 36.0 Å². The van der Waals surface area contributed by atoms with Crippen LogP contribution in [0.1, 0.15) is 68.6 Å². The lowest BCUT2D eigenvalue weighted by atomic mass is 9.84. The number of piperidine rings is 1. The lowest BCUT2D eigenvalue weighted by Gasteiger charge is -2.37. The highest BCUT2D eigenvalue weighted by Gasteiger charge is 2.56. The number of nitrogens with one attached hydrogen (secondary N) is 4. The van der Waals surface area contributed by atoms with Crippen molar-refractivity contribution < 1.29 is 33.4 Å². The number of carbonyl (C=O) groups is 4. The minimum absolute atomic E-state index is 0.0207. The van der Waals surface area contributed by atoms with E-state index in [-0.39, 0.29) is 51.0 Å². The zero-order chi connectivity index (χ0) is 33.6. The molecule has 0 saturated carbocycles. The summed E-state index contributed by atoms with van der Waals surface area (Å²) in [6.45, 7) is 2.38. The average Bonchev–Trinajstić information content (AvgIpc) is 3.55. The number of benzene rings is 2. The number of guanidine groups is 1. The molecule has 6 N–H and O–H groups in total. The first kappa shape index (κ1) is 35.1. The maximum absolute atomic E-state index is 14.5. The number of rotatable bonds is 16. The van der Waals surface area contributed by atoms with Crippen molar-refractivity contribution in [2.24, 2.45) is 5.73 Å². The maximum atomic E-state index is 14.5. The van der Waals surface area contributed by atoms with E-state index in [0.717, 1.165) is 31.4 Å². The second-order valence-electron chi connectivity index (χ2n) is 11.8. The van der Waals surface area contributed by atoms with Gasteiger partial charge in [0, 0.05) is 31.1 Å². The Labute approximate surface area is 274 Å². The Hall–Kier alpha value is -4.78. The van der Waals surface area contributed by atoms with E-state index in [1.165, 1.54) is 11.4 Å². The van der Waals surface area contributed by atoms with Crippen LogP contribution in [-0.2, 0) is 35.3 Å². The van der Waals surface area contributed by atoms with Gasteiger partial charge in [0.15, 0.2) is 29.2 Å². The molecule has 13 heteroatoms.